The summed E-state index contributed by atoms with van der Waals surface area (Å²) in [6.45, 7) is 4.11. The van der Waals surface area contributed by atoms with Gasteiger partial charge >= 0.3 is 0 Å². The van der Waals surface area contributed by atoms with E-state index in [4.69, 9.17) is 4.52 Å². The van der Waals surface area contributed by atoms with Crippen LogP contribution in [0, 0.1) is 12.3 Å². The van der Waals surface area contributed by atoms with Gasteiger partial charge in [0.15, 0.2) is 0 Å². The van der Waals surface area contributed by atoms with Crippen LogP contribution in [-0.2, 0) is 0 Å². The lowest BCUT2D eigenvalue weighted by Gasteiger charge is -2.57. The molecule has 35 heavy (non-hydrogen) atoms. The van der Waals surface area contributed by atoms with E-state index in [9.17, 15) is 9.18 Å². The Labute approximate surface area is 201 Å². The van der Waals surface area contributed by atoms with Crippen molar-refractivity contribution in [2.45, 2.75) is 44.7 Å². The monoisotopic (exact) mass is 472 g/mol. The second kappa shape index (κ2) is 7.37. The molecule has 1 aliphatic heterocycles. The zero-order chi connectivity index (χ0) is 23.7. The van der Waals surface area contributed by atoms with Crippen LogP contribution in [0.5, 0.6) is 0 Å². The number of alkyl halides is 1. The first kappa shape index (κ1) is 20.6. The van der Waals surface area contributed by atoms with Gasteiger partial charge in [0.1, 0.15) is 6.17 Å². The summed E-state index contributed by atoms with van der Waals surface area (Å²) in [5.74, 6) is 0.181. The first-order valence-electron chi connectivity index (χ1n) is 12.1. The normalized spacial score (nSPS) is 22.2. The summed E-state index contributed by atoms with van der Waals surface area (Å²) in [5.41, 5.74) is 5.19. The van der Waals surface area contributed by atoms with Crippen LogP contribution in [0.1, 0.15) is 53.4 Å². The van der Waals surface area contributed by atoms with Gasteiger partial charge in [-0.25, -0.2) is 8.91 Å². The number of amides is 1. The quantitative estimate of drug-likeness (QED) is 0.451. The molecule has 4 heterocycles. The molecule has 8 nitrogen and oxygen atoms in total. The number of anilines is 2. The second-order valence-corrected chi connectivity index (χ2v) is 10.3. The van der Waals surface area contributed by atoms with Crippen molar-refractivity contribution in [1.82, 2.24) is 19.8 Å². The molecule has 1 spiro atoms. The number of hydrogen-bond donors (Lipinski definition) is 1. The minimum absolute atomic E-state index is 0.233. The van der Waals surface area contributed by atoms with E-state index >= 15 is 0 Å². The van der Waals surface area contributed by atoms with Gasteiger partial charge in [0.25, 0.3) is 5.91 Å². The van der Waals surface area contributed by atoms with E-state index < -0.39 is 6.17 Å². The summed E-state index contributed by atoms with van der Waals surface area (Å²) >= 11 is 0. The third-order valence-corrected chi connectivity index (χ3v) is 7.80. The molecule has 1 N–H and O–H groups in total. The number of rotatable bonds is 5. The Morgan fingerprint density at radius 1 is 1.23 bits per heavy atom. The topological polar surface area (TPSA) is 88.6 Å². The summed E-state index contributed by atoms with van der Waals surface area (Å²) in [6.07, 6.45) is 7.03. The van der Waals surface area contributed by atoms with Crippen molar-refractivity contribution in [3.63, 3.8) is 0 Å². The average molecular weight is 473 g/mol. The number of hydrogen-bond acceptors (Lipinski definition) is 6. The van der Waals surface area contributed by atoms with Crippen LogP contribution in [-0.4, -0.2) is 44.9 Å². The van der Waals surface area contributed by atoms with Crippen LogP contribution in [0.3, 0.4) is 0 Å². The number of halogens is 1. The molecule has 3 aliphatic rings. The van der Waals surface area contributed by atoms with Gasteiger partial charge < -0.3 is 14.7 Å². The Balaban J connectivity index is 1.13. The summed E-state index contributed by atoms with van der Waals surface area (Å²) in [4.78, 5) is 20.0. The maximum absolute atomic E-state index is 13.3. The molecule has 7 rings (SSSR count). The summed E-state index contributed by atoms with van der Waals surface area (Å²) in [6, 6.07) is 9.69. The standard InChI is InChI=1S/C26H25FN6O2/c1-15-3-4-16(23-30-25(35-31-23)18-11-20(18)27)9-21(15)29-24(34)19-12-28-33-8-5-17(10-22(19)33)32-13-26(14-32)6-2-7-26/h3-5,8-10,12,18,20H,2,6-7,11,13-14H2,1H3,(H,29,34)/t18-,20-/m0/s1. The highest BCUT2D eigenvalue weighted by molar-refractivity contribution is 6.09. The minimum Gasteiger partial charge on any atom is -0.370 e. The van der Waals surface area contributed by atoms with Gasteiger partial charge in [0, 0.05) is 41.6 Å². The van der Waals surface area contributed by atoms with Crippen molar-refractivity contribution in [3.05, 3.63) is 59.7 Å². The van der Waals surface area contributed by atoms with Gasteiger partial charge in [-0.1, -0.05) is 23.7 Å². The fraction of sp³-hybridized carbons (Fsp3) is 0.385. The molecule has 1 saturated heterocycles. The minimum atomic E-state index is -0.900. The van der Waals surface area contributed by atoms with Crippen molar-refractivity contribution < 1.29 is 13.7 Å². The third-order valence-electron chi connectivity index (χ3n) is 7.80. The smallest absolute Gasteiger partial charge is 0.259 e. The van der Waals surface area contributed by atoms with Gasteiger partial charge in [-0.3, -0.25) is 4.79 Å². The molecule has 2 aliphatic carbocycles. The van der Waals surface area contributed by atoms with E-state index in [1.807, 2.05) is 37.4 Å². The number of aromatic nitrogens is 4. The van der Waals surface area contributed by atoms with Crippen LogP contribution < -0.4 is 10.2 Å². The Hall–Kier alpha value is -3.75. The molecular formula is C26H25FN6O2. The summed E-state index contributed by atoms with van der Waals surface area (Å²) in [5, 5.41) is 11.4. The predicted molar refractivity (Wildman–Crippen MR) is 128 cm³/mol. The number of aryl methyl sites for hydroxylation is 1. The summed E-state index contributed by atoms with van der Waals surface area (Å²) in [7, 11) is 0. The number of fused-ring (bicyclic) bond motifs is 1. The van der Waals surface area contributed by atoms with Gasteiger partial charge in [-0.2, -0.15) is 10.1 Å². The lowest BCUT2D eigenvalue weighted by molar-refractivity contribution is 0.0904. The lowest BCUT2D eigenvalue weighted by Crippen LogP contribution is -2.59. The van der Waals surface area contributed by atoms with Crippen molar-refractivity contribution in [1.29, 1.82) is 0 Å². The number of carbonyl (C=O) groups excluding carboxylic acids is 1. The molecule has 178 valence electrons. The number of nitrogens with one attached hydrogen (secondary N) is 1. The molecule has 3 fully saturated rings. The molecule has 1 amide bonds. The zero-order valence-corrected chi connectivity index (χ0v) is 19.4. The zero-order valence-electron chi connectivity index (χ0n) is 19.4. The van der Waals surface area contributed by atoms with Gasteiger partial charge in [-0.15, -0.1) is 0 Å². The maximum atomic E-state index is 13.3. The van der Waals surface area contributed by atoms with Crippen LogP contribution >= 0.6 is 0 Å². The van der Waals surface area contributed by atoms with Gasteiger partial charge in [0.05, 0.1) is 23.2 Å². The van der Waals surface area contributed by atoms with Gasteiger partial charge in [-0.05, 0) is 49.9 Å². The van der Waals surface area contributed by atoms with E-state index in [2.05, 4.69) is 31.5 Å². The van der Waals surface area contributed by atoms with Crippen molar-refractivity contribution >= 4 is 22.8 Å². The third kappa shape index (κ3) is 3.40. The highest BCUT2D eigenvalue weighted by Gasteiger charge is 2.47. The molecule has 2 saturated carbocycles. The fourth-order valence-corrected chi connectivity index (χ4v) is 5.29. The fourth-order valence-electron chi connectivity index (χ4n) is 5.29. The summed E-state index contributed by atoms with van der Waals surface area (Å²) < 4.78 is 20.3. The number of carbonyl (C=O) groups is 1. The molecule has 2 atom stereocenters. The lowest BCUT2D eigenvalue weighted by atomic mass is 9.63. The van der Waals surface area contributed by atoms with Crippen molar-refractivity contribution in [2.24, 2.45) is 5.41 Å². The molecule has 9 heteroatoms. The van der Waals surface area contributed by atoms with Crippen LogP contribution in [0.2, 0.25) is 0 Å². The Kier molecular flexibility index (Phi) is 4.34. The van der Waals surface area contributed by atoms with Crippen LogP contribution in [0.4, 0.5) is 15.8 Å². The molecule has 1 aromatic carbocycles. The molecule has 0 bridgehead atoms. The SMILES string of the molecule is Cc1ccc(-c2noc([C@H]3C[C@@H]3F)n2)cc1NC(=O)c1cnn2ccc(N3CC4(CCC4)C3)cc12. The molecular weight excluding hydrogens is 447 g/mol. The van der Waals surface area contributed by atoms with E-state index in [1.165, 1.54) is 19.3 Å². The Morgan fingerprint density at radius 2 is 2.06 bits per heavy atom. The number of benzene rings is 1. The number of pyridine rings is 1. The molecule has 0 unspecified atom stereocenters. The Morgan fingerprint density at radius 3 is 2.80 bits per heavy atom. The van der Waals surface area contributed by atoms with E-state index in [0.717, 1.165) is 29.9 Å². The second-order valence-electron chi connectivity index (χ2n) is 10.3. The van der Waals surface area contributed by atoms with Crippen LogP contribution in [0.25, 0.3) is 16.9 Å². The van der Waals surface area contributed by atoms with Crippen molar-refractivity contribution in [3.8, 4) is 11.4 Å². The predicted octanol–water partition coefficient (Wildman–Crippen LogP) is 4.76. The number of nitrogens with zero attached hydrogens (tertiary/aromatic N) is 5. The van der Waals surface area contributed by atoms with Crippen LogP contribution in [0.15, 0.2) is 47.2 Å². The molecule has 0 radical (unpaired) electrons. The van der Waals surface area contributed by atoms with E-state index in [0.29, 0.717) is 40.4 Å². The Bertz CT molecular complexity index is 1460. The van der Waals surface area contributed by atoms with Gasteiger partial charge in [0.2, 0.25) is 11.7 Å². The molecule has 3 aromatic heterocycles. The van der Waals surface area contributed by atoms with E-state index in [-0.39, 0.29) is 11.8 Å². The first-order valence-corrected chi connectivity index (χ1v) is 12.1. The first-order chi connectivity index (χ1) is 17.0. The average Bonchev–Trinajstić information content (AvgIpc) is 3.19. The van der Waals surface area contributed by atoms with E-state index in [1.54, 1.807) is 10.7 Å². The highest BCUT2D eigenvalue weighted by atomic mass is 19.1. The molecule has 4 aromatic rings. The maximum Gasteiger partial charge on any atom is 0.259 e. The largest absolute Gasteiger partial charge is 0.370 e. The highest BCUT2D eigenvalue weighted by Crippen LogP contribution is 2.49. The van der Waals surface area contributed by atoms with Crippen molar-refractivity contribution in [2.75, 3.05) is 23.3 Å².